The Kier molecular flexibility index (Phi) is 7.51. The number of anilines is 5. The molecule has 10 rings (SSSR count). The van der Waals surface area contributed by atoms with E-state index < -0.39 is 11.0 Å². The zero-order valence-electron chi connectivity index (χ0n) is 29.9. The molecule has 2 unspecified atom stereocenters. The van der Waals surface area contributed by atoms with E-state index in [4.69, 9.17) is 9.47 Å². The molecule has 0 fully saturated rings. The molecule has 260 valence electrons. The zero-order chi connectivity index (χ0) is 36.1. The van der Waals surface area contributed by atoms with Gasteiger partial charge in [-0.2, -0.15) is 0 Å². The summed E-state index contributed by atoms with van der Waals surface area (Å²) in [5.74, 6) is 3.19. The lowest BCUT2D eigenvalue weighted by atomic mass is 9.52. The maximum absolute atomic E-state index is 7.18. The van der Waals surface area contributed by atoms with Gasteiger partial charge in [-0.15, -0.1) is 0 Å². The van der Waals surface area contributed by atoms with Crippen LogP contribution < -0.4 is 19.3 Å². The van der Waals surface area contributed by atoms with Crippen LogP contribution in [0.2, 0.25) is 0 Å². The standard InChI is InChI=1S/C50H38N2O2/c1-49(52(38-23-10-4-11-24-38)39-25-12-5-13-26-39)34-18-31-47-48(49)50(41-27-14-16-29-44(41)53-45-30-17-15-28-42(45)50)43-35-40(32-33-46(43)54-47)51(36-19-6-2-7-20-36)37-21-8-3-9-22-37/h2-35,48H,1H3. The molecule has 7 aromatic rings. The van der Waals surface area contributed by atoms with Crippen molar-refractivity contribution in [3.8, 4) is 17.2 Å². The first-order valence-electron chi connectivity index (χ1n) is 18.6. The summed E-state index contributed by atoms with van der Waals surface area (Å²) in [7, 11) is 0. The third-order valence-electron chi connectivity index (χ3n) is 11.3. The van der Waals surface area contributed by atoms with Crippen molar-refractivity contribution in [2.75, 3.05) is 9.80 Å². The number of ether oxygens (including phenoxy) is 2. The van der Waals surface area contributed by atoms with Crippen LogP contribution in [0.15, 0.2) is 212 Å². The summed E-state index contributed by atoms with van der Waals surface area (Å²) < 4.78 is 14.0. The van der Waals surface area contributed by atoms with Crippen molar-refractivity contribution in [1.82, 2.24) is 0 Å². The second kappa shape index (κ2) is 12.7. The Balaban J connectivity index is 1.31. The summed E-state index contributed by atoms with van der Waals surface area (Å²) in [6.45, 7) is 2.36. The second-order valence-electron chi connectivity index (χ2n) is 14.3. The van der Waals surface area contributed by atoms with Crippen molar-refractivity contribution in [3.05, 3.63) is 229 Å². The van der Waals surface area contributed by atoms with E-state index in [0.29, 0.717) is 0 Å². The van der Waals surface area contributed by atoms with Crippen LogP contribution in [0.3, 0.4) is 0 Å². The molecule has 2 heterocycles. The maximum Gasteiger partial charge on any atom is 0.131 e. The van der Waals surface area contributed by atoms with Gasteiger partial charge in [0.05, 0.1) is 16.9 Å². The molecule has 0 amide bonds. The van der Waals surface area contributed by atoms with Crippen molar-refractivity contribution in [3.63, 3.8) is 0 Å². The minimum Gasteiger partial charge on any atom is -0.461 e. The van der Waals surface area contributed by atoms with E-state index in [0.717, 1.165) is 68.1 Å². The van der Waals surface area contributed by atoms with Gasteiger partial charge in [-0.05, 0) is 91.9 Å². The Morgan fingerprint density at radius 2 is 0.907 bits per heavy atom. The van der Waals surface area contributed by atoms with Crippen LogP contribution in [0, 0.1) is 5.92 Å². The zero-order valence-corrected chi connectivity index (χ0v) is 29.9. The molecule has 0 aromatic heterocycles. The Morgan fingerprint density at radius 3 is 1.44 bits per heavy atom. The van der Waals surface area contributed by atoms with E-state index in [1.807, 2.05) is 0 Å². The number of rotatable bonds is 6. The fourth-order valence-electron chi connectivity index (χ4n) is 9.19. The van der Waals surface area contributed by atoms with E-state index in [-0.39, 0.29) is 5.92 Å². The molecule has 2 aliphatic heterocycles. The van der Waals surface area contributed by atoms with Gasteiger partial charge in [0.2, 0.25) is 0 Å². The van der Waals surface area contributed by atoms with Crippen LogP contribution in [0.4, 0.5) is 28.4 Å². The normalized spacial score (nSPS) is 18.5. The minimum atomic E-state index is -0.749. The first kappa shape index (κ1) is 31.9. The number of para-hydroxylation sites is 6. The molecule has 2 atom stereocenters. The molecular formula is C50H38N2O2. The lowest BCUT2D eigenvalue weighted by Gasteiger charge is -2.58. The predicted octanol–water partition coefficient (Wildman–Crippen LogP) is 12.7. The summed E-state index contributed by atoms with van der Waals surface area (Å²) in [6.07, 6.45) is 6.70. The molecule has 1 spiro atoms. The fraction of sp³-hybridized carbons (Fsp3) is 0.0800. The summed E-state index contributed by atoms with van der Waals surface area (Å²) in [5, 5.41) is 0. The van der Waals surface area contributed by atoms with Crippen molar-refractivity contribution in [2.24, 2.45) is 5.92 Å². The van der Waals surface area contributed by atoms with Gasteiger partial charge in [0.25, 0.3) is 0 Å². The average Bonchev–Trinajstić information content (AvgIpc) is 3.23. The van der Waals surface area contributed by atoms with E-state index >= 15 is 0 Å². The number of hydrogen-bond acceptors (Lipinski definition) is 4. The Bertz CT molecular complexity index is 2410. The predicted molar refractivity (Wildman–Crippen MR) is 219 cm³/mol. The van der Waals surface area contributed by atoms with Gasteiger partial charge < -0.3 is 19.3 Å². The van der Waals surface area contributed by atoms with Crippen molar-refractivity contribution >= 4 is 28.4 Å². The Hall–Kier alpha value is -6.78. The third-order valence-corrected chi connectivity index (χ3v) is 11.3. The molecule has 3 aliphatic rings. The highest BCUT2D eigenvalue weighted by atomic mass is 16.5. The number of benzene rings is 7. The molecule has 0 N–H and O–H groups in total. The number of nitrogens with zero attached hydrogens (tertiary/aromatic N) is 2. The second-order valence-corrected chi connectivity index (χ2v) is 14.3. The highest BCUT2D eigenvalue weighted by Gasteiger charge is 2.62. The van der Waals surface area contributed by atoms with Gasteiger partial charge in [-0.1, -0.05) is 121 Å². The van der Waals surface area contributed by atoms with Crippen LogP contribution >= 0.6 is 0 Å². The fourth-order valence-corrected chi connectivity index (χ4v) is 9.19. The largest absolute Gasteiger partial charge is 0.461 e. The lowest BCUT2D eigenvalue weighted by Crippen LogP contribution is -2.60. The molecule has 0 bridgehead atoms. The number of allylic oxidation sites excluding steroid dienone is 2. The van der Waals surface area contributed by atoms with Gasteiger partial charge in [0, 0.05) is 45.1 Å². The first-order valence-corrected chi connectivity index (χ1v) is 18.6. The van der Waals surface area contributed by atoms with Gasteiger partial charge >= 0.3 is 0 Å². The Morgan fingerprint density at radius 1 is 0.444 bits per heavy atom. The summed E-state index contributed by atoms with van der Waals surface area (Å²) in [5.41, 5.74) is 7.30. The molecule has 0 radical (unpaired) electrons. The van der Waals surface area contributed by atoms with Crippen LogP contribution in [-0.2, 0) is 5.41 Å². The van der Waals surface area contributed by atoms with E-state index in [1.54, 1.807) is 0 Å². The van der Waals surface area contributed by atoms with Gasteiger partial charge in [0.15, 0.2) is 0 Å². The van der Waals surface area contributed by atoms with E-state index in [9.17, 15) is 0 Å². The molecule has 1 aliphatic carbocycles. The molecule has 0 saturated carbocycles. The van der Waals surface area contributed by atoms with E-state index in [2.05, 4.69) is 223 Å². The molecular weight excluding hydrogens is 661 g/mol. The summed E-state index contributed by atoms with van der Waals surface area (Å²) in [6, 6.07) is 66.5. The van der Waals surface area contributed by atoms with Crippen molar-refractivity contribution < 1.29 is 9.47 Å². The van der Waals surface area contributed by atoms with Crippen LogP contribution in [0.1, 0.15) is 23.6 Å². The molecule has 4 nitrogen and oxygen atoms in total. The highest BCUT2D eigenvalue weighted by Crippen LogP contribution is 2.65. The number of fused-ring (bicyclic) bond motifs is 8. The molecule has 4 heteroatoms. The Labute approximate surface area is 316 Å². The summed E-state index contributed by atoms with van der Waals surface area (Å²) >= 11 is 0. The number of hydrogen-bond donors (Lipinski definition) is 0. The quantitative estimate of drug-likeness (QED) is 0.173. The molecule has 7 aromatic carbocycles. The topological polar surface area (TPSA) is 24.9 Å². The summed E-state index contributed by atoms with van der Waals surface area (Å²) in [4.78, 5) is 4.82. The molecule has 54 heavy (non-hydrogen) atoms. The van der Waals surface area contributed by atoms with Crippen LogP contribution in [-0.4, -0.2) is 5.54 Å². The highest BCUT2D eigenvalue weighted by molar-refractivity contribution is 5.80. The van der Waals surface area contributed by atoms with Crippen molar-refractivity contribution in [2.45, 2.75) is 17.9 Å². The minimum absolute atomic E-state index is 0.244. The first-order chi connectivity index (χ1) is 26.7. The van der Waals surface area contributed by atoms with Crippen molar-refractivity contribution in [1.29, 1.82) is 0 Å². The lowest BCUT2D eigenvalue weighted by molar-refractivity contribution is 0.182. The van der Waals surface area contributed by atoms with Gasteiger partial charge in [-0.3, -0.25) is 0 Å². The average molecular weight is 699 g/mol. The maximum atomic E-state index is 7.18. The van der Waals surface area contributed by atoms with Crippen LogP contribution in [0.5, 0.6) is 17.2 Å². The molecule has 0 saturated heterocycles. The van der Waals surface area contributed by atoms with Gasteiger partial charge in [-0.25, -0.2) is 0 Å². The smallest absolute Gasteiger partial charge is 0.131 e. The SMILES string of the molecule is CC1(N(c2ccccc2)c2ccccc2)C=CC=C2Oc3ccc(N(c4ccccc4)c4ccccc4)cc3C3(c4ccccc4Oc4ccccc43)C21. The van der Waals surface area contributed by atoms with E-state index in [1.165, 1.54) is 0 Å². The van der Waals surface area contributed by atoms with Crippen LogP contribution in [0.25, 0.3) is 0 Å². The third kappa shape index (κ3) is 4.84. The monoisotopic (exact) mass is 698 g/mol. The van der Waals surface area contributed by atoms with Gasteiger partial charge in [0.1, 0.15) is 23.0 Å².